The fourth-order valence-corrected chi connectivity index (χ4v) is 1.78. The van der Waals surface area contributed by atoms with Crippen LogP contribution in [0.2, 0.25) is 5.02 Å². The van der Waals surface area contributed by atoms with E-state index in [2.05, 4.69) is 21.2 Å². The molecular weight excluding hydrogens is 265 g/mol. The largest absolute Gasteiger partial charge is 0.394 e. The van der Waals surface area contributed by atoms with Crippen LogP contribution in [-0.4, -0.2) is 18.3 Å². The van der Waals surface area contributed by atoms with E-state index >= 15 is 0 Å². The van der Waals surface area contributed by atoms with Crippen molar-refractivity contribution in [1.82, 2.24) is 5.32 Å². The van der Waals surface area contributed by atoms with Crippen molar-refractivity contribution in [1.29, 1.82) is 0 Å². The van der Waals surface area contributed by atoms with Crippen LogP contribution in [0.4, 0.5) is 0 Å². The van der Waals surface area contributed by atoms with Gasteiger partial charge >= 0.3 is 0 Å². The third kappa shape index (κ3) is 2.95. The van der Waals surface area contributed by atoms with Gasteiger partial charge in [-0.15, -0.1) is 0 Å². The number of likely N-dealkylation sites (N-methyl/N-ethyl adjacent to an activating group) is 1. The Labute approximate surface area is 97.4 Å². The number of aliphatic hydroxyl groups excluding tert-OH is 1. The van der Waals surface area contributed by atoms with Gasteiger partial charge in [-0.25, -0.2) is 0 Å². The topological polar surface area (TPSA) is 32.3 Å². The van der Waals surface area contributed by atoms with Crippen LogP contribution in [0.5, 0.6) is 0 Å². The van der Waals surface area contributed by atoms with Crippen LogP contribution < -0.4 is 5.32 Å². The average molecular weight is 279 g/mol. The third-order valence-electron chi connectivity index (χ3n) is 1.98. The van der Waals surface area contributed by atoms with Crippen LogP contribution in [0.1, 0.15) is 18.5 Å². The summed E-state index contributed by atoms with van der Waals surface area (Å²) in [5.41, 5.74) is 1.03. The fraction of sp³-hybridized carbons (Fsp3) is 0.400. The average Bonchev–Trinajstić information content (AvgIpc) is 2.19. The second-order valence-electron chi connectivity index (χ2n) is 2.97. The van der Waals surface area contributed by atoms with Crippen LogP contribution in [0, 0.1) is 0 Å². The molecular formula is C10H13BrClNO. The lowest BCUT2D eigenvalue weighted by Gasteiger charge is -2.15. The van der Waals surface area contributed by atoms with E-state index in [1.807, 2.05) is 25.1 Å². The van der Waals surface area contributed by atoms with Crippen LogP contribution in [0.25, 0.3) is 0 Å². The van der Waals surface area contributed by atoms with E-state index in [0.29, 0.717) is 5.02 Å². The molecule has 0 spiro atoms. The lowest BCUT2D eigenvalue weighted by molar-refractivity contribution is 0.246. The summed E-state index contributed by atoms with van der Waals surface area (Å²) in [7, 11) is 0. The zero-order chi connectivity index (χ0) is 10.6. The molecule has 1 aromatic rings. The van der Waals surface area contributed by atoms with Gasteiger partial charge in [0.05, 0.1) is 17.7 Å². The van der Waals surface area contributed by atoms with Crippen molar-refractivity contribution in [2.75, 3.05) is 13.2 Å². The first-order valence-corrected chi connectivity index (χ1v) is 5.65. The quantitative estimate of drug-likeness (QED) is 0.887. The zero-order valence-corrected chi connectivity index (χ0v) is 10.3. The molecule has 0 aromatic heterocycles. The maximum absolute atomic E-state index is 9.16. The summed E-state index contributed by atoms with van der Waals surface area (Å²) in [5, 5.41) is 13.0. The molecule has 1 rings (SSSR count). The molecule has 78 valence electrons. The lowest BCUT2D eigenvalue weighted by Crippen LogP contribution is -2.23. The van der Waals surface area contributed by atoms with E-state index in [1.165, 1.54) is 0 Å². The van der Waals surface area contributed by atoms with Crippen LogP contribution in [0.15, 0.2) is 22.7 Å². The molecule has 1 aromatic carbocycles. The van der Waals surface area contributed by atoms with Gasteiger partial charge in [-0.05, 0) is 40.2 Å². The van der Waals surface area contributed by atoms with Crippen molar-refractivity contribution in [3.63, 3.8) is 0 Å². The summed E-state index contributed by atoms with van der Waals surface area (Å²) in [5.74, 6) is 0. The number of nitrogens with one attached hydrogen (secondary N) is 1. The minimum atomic E-state index is -0.0198. The zero-order valence-electron chi connectivity index (χ0n) is 7.93. The number of hydrogen-bond donors (Lipinski definition) is 2. The summed E-state index contributed by atoms with van der Waals surface area (Å²) in [6.45, 7) is 2.92. The van der Waals surface area contributed by atoms with Gasteiger partial charge in [-0.2, -0.15) is 0 Å². The molecule has 0 saturated heterocycles. The predicted molar refractivity (Wildman–Crippen MR) is 62.7 cm³/mol. The maximum atomic E-state index is 9.16. The molecule has 0 bridgehead atoms. The first kappa shape index (κ1) is 12.0. The SMILES string of the molecule is CCNC(CO)c1ccc(Cl)c(Br)c1. The summed E-state index contributed by atoms with van der Waals surface area (Å²) < 4.78 is 0.855. The third-order valence-corrected chi connectivity index (χ3v) is 3.19. The molecule has 0 aliphatic rings. The molecule has 0 amide bonds. The standard InChI is InChI=1S/C10H13BrClNO/c1-2-13-10(6-14)7-3-4-9(12)8(11)5-7/h3-5,10,13-14H,2,6H2,1H3. The highest BCUT2D eigenvalue weighted by Crippen LogP contribution is 2.25. The Morgan fingerprint density at radius 1 is 1.57 bits per heavy atom. The Hall–Kier alpha value is -0.0900. The molecule has 0 saturated carbocycles. The van der Waals surface area contributed by atoms with Crippen molar-refractivity contribution in [3.8, 4) is 0 Å². The molecule has 0 aliphatic carbocycles. The number of hydrogen-bond acceptors (Lipinski definition) is 2. The second-order valence-corrected chi connectivity index (χ2v) is 4.23. The van der Waals surface area contributed by atoms with Gasteiger partial charge in [-0.1, -0.05) is 24.6 Å². The van der Waals surface area contributed by atoms with Gasteiger partial charge in [0.2, 0.25) is 0 Å². The molecule has 4 heteroatoms. The molecule has 1 atom stereocenters. The molecule has 0 radical (unpaired) electrons. The normalized spacial score (nSPS) is 12.9. The van der Waals surface area contributed by atoms with E-state index < -0.39 is 0 Å². The summed E-state index contributed by atoms with van der Waals surface area (Å²) in [6.07, 6.45) is 0. The summed E-state index contributed by atoms with van der Waals surface area (Å²) in [6, 6.07) is 5.64. The van der Waals surface area contributed by atoms with E-state index in [9.17, 15) is 0 Å². The van der Waals surface area contributed by atoms with Gasteiger partial charge in [0.15, 0.2) is 0 Å². The fourth-order valence-electron chi connectivity index (χ4n) is 1.26. The van der Waals surface area contributed by atoms with Gasteiger partial charge in [-0.3, -0.25) is 0 Å². The highest BCUT2D eigenvalue weighted by Gasteiger charge is 2.09. The minimum absolute atomic E-state index is 0.0198. The summed E-state index contributed by atoms with van der Waals surface area (Å²) in [4.78, 5) is 0. The van der Waals surface area contributed by atoms with Gasteiger partial charge in [0.25, 0.3) is 0 Å². The number of aliphatic hydroxyl groups is 1. The Bertz CT molecular complexity index is 306. The van der Waals surface area contributed by atoms with E-state index in [4.69, 9.17) is 16.7 Å². The molecule has 0 fully saturated rings. The molecule has 0 aliphatic heterocycles. The van der Waals surface area contributed by atoms with Crippen LogP contribution in [0.3, 0.4) is 0 Å². The lowest BCUT2D eigenvalue weighted by atomic mass is 10.1. The van der Waals surface area contributed by atoms with Gasteiger partial charge in [0, 0.05) is 4.47 Å². The molecule has 14 heavy (non-hydrogen) atoms. The highest BCUT2D eigenvalue weighted by atomic mass is 79.9. The molecule has 1 unspecified atom stereocenters. The Kier molecular flexibility index (Phi) is 4.89. The number of benzene rings is 1. The maximum Gasteiger partial charge on any atom is 0.0626 e. The molecule has 2 N–H and O–H groups in total. The second kappa shape index (κ2) is 5.71. The monoisotopic (exact) mass is 277 g/mol. The predicted octanol–water partition coefficient (Wildman–Crippen LogP) is 2.75. The van der Waals surface area contributed by atoms with E-state index in [1.54, 1.807) is 0 Å². The van der Waals surface area contributed by atoms with Crippen molar-refractivity contribution in [2.45, 2.75) is 13.0 Å². The van der Waals surface area contributed by atoms with Crippen molar-refractivity contribution in [3.05, 3.63) is 33.3 Å². The minimum Gasteiger partial charge on any atom is -0.394 e. The van der Waals surface area contributed by atoms with Gasteiger partial charge in [0.1, 0.15) is 0 Å². The highest BCUT2D eigenvalue weighted by molar-refractivity contribution is 9.10. The first-order valence-electron chi connectivity index (χ1n) is 4.48. The Morgan fingerprint density at radius 2 is 2.29 bits per heavy atom. The van der Waals surface area contributed by atoms with E-state index in [0.717, 1.165) is 16.6 Å². The Balaban J connectivity index is 2.88. The number of halogens is 2. The van der Waals surface area contributed by atoms with Gasteiger partial charge < -0.3 is 10.4 Å². The number of rotatable bonds is 4. The van der Waals surface area contributed by atoms with Crippen molar-refractivity contribution < 1.29 is 5.11 Å². The Morgan fingerprint density at radius 3 is 2.79 bits per heavy atom. The van der Waals surface area contributed by atoms with E-state index in [-0.39, 0.29) is 12.6 Å². The summed E-state index contributed by atoms with van der Waals surface area (Å²) >= 11 is 9.23. The molecule has 0 heterocycles. The van der Waals surface area contributed by atoms with Crippen LogP contribution >= 0.6 is 27.5 Å². The smallest absolute Gasteiger partial charge is 0.0626 e. The first-order chi connectivity index (χ1) is 6.69. The van der Waals surface area contributed by atoms with Crippen molar-refractivity contribution >= 4 is 27.5 Å². The van der Waals surface area contributed by atoms with Crippen LogP contribution in [-0.2, 0) is 0 Å². The van der Waals surface area contributed by atoms with Crippen molar-refractivity contribution in [2.24, 2.45) is 0 Å². The molecule has 2 nitrogen and oxygen atoms in total.